The molecule has 1 atom stereocenters. The number of hydrogen-bond donors (Lipinski definition) is 1. The van der Waals surface area contributed by atoms with Crippen molar-refractivity contribution in [2.45, 2.75) is 50.8 Å². The second-order valence-electron chi connectivity index (χ2n) is 8.00. The van der Waals surface area contributed by atoms with E-state index >= 15 is 0 Å². The van der Waals surface area contributed by atoms with Gasteiger partial charge in [-0.1, -0.05) is 24.3 Å². The van der Waals surface area contributed by atoms with Gasteiger partial charge in [-0.05, 0) is 62.1 Å². The zero-order chi connectivity index (χ0) is 22.4. The summed E-state index contributed by atoms with van der Waals surface area (Å²) < 4.78 is 45.9. The highest BCUT2D eigenvalue weighted by atomic mass is 32.2. The summed E-state index contributed by atoms with van der Waals surface area (Å²) in [4.78, 5) is 12.8. The molecule has 3 rings (SSSR count). The molecule has 1 saturated heterocycles. The van der Waals surface area contributed by atoms with Crippen LogP contribution in [-0.2, 0) is 32.7 Å². The minimum absolute atomic E-state index is 0.0361. The van der Waals surface area contributed by atoms with Crippen molar-refractivity contribution in [1.82, 2.24) is 9.62 Å². The number of carbonyl (C=O) groups is 1. The molecule has 1 fully saturated rings. The van der Waals surface area contributed by atoms with Crippen LogP contribution < -0.4 is 5.32 Å². The Morgan fingerprint density at radius 3 is 2.52 bits per heavy atom. The van der Waals surface area contributed by atoms with Gasteiger partial charge in [0.1, 0.15) is 5.82 Å². The molecule has 2 aromatic rings. The van der Waals surface area contributed by atoms with Crippen LogP contribution in [0.5, 0.6) is 0 Å². The molecule has 1 N–H and O–H groups in total. The Bertz CT molecular complexity index is 993. The van der Waals surface area contributed by atoms with E-state index in [0.29, 0.717) is 32.5 Å². The monoisotopic (exact) mass is 448 g/mol. The van der Waals surface area contributed by atoms with Gasteiger partial charge in [-0.15, -0.1) is 0 Å². The summed E-state index contributed by atoms with van der Waals surface area (Å²) in [5.41, 5.74) is 1.99. The average Bonchev–Trinajstić information content (AvgIpc) is 2.77. The fourth-order valence-electron chi connectivity index (χ4n) is 3.58. The van der Waals surface area contributed by atoms with Crippen molar-refractivity contribution < 1.29 is 22.3 Å². The molecule has 0 aromatic heterocycles. The van der Waals surface area contributed by atoms with E-state index in [1.54, 1.807) is 0 Å². The van der Waals surface area contributed by atoms with Gasteiger partial charge >= 0.3 is 0 Å². The van der Waals surface area contributed by atoms with Gasteiger partial charge in [-0.25, -0.2) is 12.8 Å². The van der Waals surface area contributed by atoms with E-state index in [9.17, 15) is 17.6 Å². The molecule has 0 radical (unpaired) electrons. The topological polar surface area (TPSA) is 75.7 Å². The van der Waals surface area contributed by atoms with Crippen LogP contribution in [0.25, 0.3) is 0 Å². The zero-order valence-corrected chi connectivity index (χ0v) is 18.7. The highest BCUT2D eigenvalue weighted by Gasteiger charge is 2.33. The molecule has 168 valence electrons. The fourth-order valence-corrected chi connectivity index (χ4v) is 5.11. The number of halogens is 1. The van der Waals surface area contributed by atoms with E-state index in [4.69, 9.17) is 4.74 Å². The fraction of sp³-hybridized carbons (Fsp3) is 0.435. The van der Waals surface area contributed by atoms with Crippen molar-refractivity contribution in [2.75, 3.05) is 13.1 Å². The molecule has 8 heteroatoms. The molecule has 6 nitrogen and oxygen atoms in total. The average molecular weight is 449 g/mol. The number of amides is 1. The highest BCUT2D eigenvalue weighted by molar-refractivity contribution is 7.89. The lowest BCUT2D eigenvalue weighted by molar-refractivity contribution is -0.126. The molecule has 1 amide bonds. The maximum Gasteiger partial charge on any atom is 0.243 e. The number of nitrogens with zero attached hydrogens (tertiary/aromatic N) is 1. The molecular formula is C23H29FN2O4S. The number of hydrogen-bond acceptors (Lipinski definition) is 4. The van der Waals surface area contributed by atoms with E-state index in [1.165, 1.54) is 16.4 Å². The Hall–Kier alpha value is -2.29. The summed E-state index contributed by atoms with van der Waals surface area (Å²) in [5, 5.41) is 2.95. The molecule has 2 aromatic carbocycles. The molecular weight excluding hydrogens is 419 g/mol. The Morgan fingerprint density at radius 2 is 1.84 bits per heavy atom. The van der Waals surface area contributed by atoms with Crippen molar-refractivity contribution in [1.29, 1.82) is 0 Å². The van der Waals surface area contributed by atoms with Crippen molar-refractivity contribution in [3.05, 3.63) is 65.5 Å². The van der Waals surface area contributed by atoms with Gasteiger partial charge in [-0.3, -0.25) is 4.79 Å². The normalized spacial score (nSPS) is 17.6. The standard InChI is InChI=1S/C23H29FN2O4S/c1-17(2)30-16-20-7-4-3-6-18(20)14-25-23(27)19-8-5-13-26(15-19)31(28,29)22-11-9-21(24)10-12-22/h3-4,6-7,9-12,17,19H,5,8,13-16H2,1-2H3,(H,25,27). The summed E-state index contributed by atoms with van der Waals surface area (Å²) in [6.45, 7) is 5.23. The quantitative estimate of drug-likeness (QED) is 0.671. The minimum Gasteiger partial charge on any atom is -0.374 e. The molecule has 1 aliphatic heterocycles. The molecule has 0 aliphatic carbocycles. The molecule has 0 bridgehead atoms. The molecule has 0 spiro atoms. The van der Waals surface area contributed by atoms with Crippen LogP contribution >= 0.6 is 0 Å². The van der Waals surface area contributed by atoms with Gasteiger partial charge in [0.15, 0.2) is 0 Å². The van der Waals surface area contributed by atoms with Gasteiger partial charge in [0, 0.05) is 19.6 Å². The third-order valence-corrected chi connectivity index (χ3v) is 7.23. The number of nitrogens with one attached hydrogen (secondary N) is 1. The van der Waals surface area contributed by atoms with Crippen molar-refractivity contribution in [3.63, 3.8) is 0 Å². The number of rotatable bonds is 8. The molecule has 0 saturated carbocycles. The Morgan fingerprint density at radius 1 is 1.16 bits per heavy atom. The first-order valence-electron chi connectivity index (χ1n) is 10.5. The van der Waals surface area contributed by atoms with Gasteiger partial charge < -0.3 is 10.1 Å². The lowest BCUT2D eigenvalue weighted by atomic mass is 9.98. The van der Waals surface area contributed by atoms with E-state index in [1.807, 2.05) is 38.1 Å². The lowest BCUT2D eigenvalue weighted by Gasteiger charge is -2.31. The van der Waals surface area contributed by atoms with Crippen LogP contribution in [0, 0.1) is 11.7 Å². The Kier molecular flexibility index (Phi) is 7.80. The molecule has 1 heterocycles. The first-order chi connectivity index (χ1) is 14.8. The first-order valence-corrected chi connectivity index (χ1v) is 11.9. The number of sulfonamides is 1. The minimum atomic E-state index is -3.76. The predicted octanol–water partition coefficient (Wildman–Crippen LogP) is 3.47. The second kappa shape index (κ2) is 10.3. The molecule has 31 heavy (non-hydrogen) atoms. The smallest absolute Gasteiger partial charge is 0.243 e. The maximum atomic E-state index is 13.2. The van der Waals surface area contributed by atoms with E-state index < -0.39 is 21.8 Å². The summed E-state index contributed by atoms with van der Waals surface area (Å²) in [7, 11) is -3.76. The van der Waals surface area contributed by atoms with Gasteiger partial charge in [0.25, 0.3) is 0 Å². The summed E-state index contributed by atoms with van der Waals surface area (Å²) in [6.07, 6.45) is 1.33. The number of benzene rings is 2. The second-order valence-corrected chi connectivity index (χ2v) is 9.94. The van der Waals surface area contributed by atoms with Gasteiger partial charge in [0.2, 0.25) is 15.9 Å². The highest BCUT2D eigenvalue weighted by Crippen LogP contribution is 2.24. The number of carbonyl (C=O) groups excluding carboxylic acids is 1. The third kappa shape index (κ3) is 6.12. The van der Waals surface area contributed by atoms with E-state index in [-0.39, 0.29) is 23.5 Å². The van der Waals surface area contributed by atoms with Crippen LogP contribution in [-0.4, -0.2) is 37.8 Å². The summed E-state index contributed by atoms with van der Waals surface area (Å²) in [5.74, 6) is -1.09. The number of ether oxygens (including phenoxy) is 1. The zero-order valence-electron chi connectivity index (χ0n) is 17.9. The van der Waals surface area contributed by atoms with E-state index in [0.717, 1.165) is 23.3 Å². The van der Waals surface area contributed by atoms with E-state index in [2.05, 4.69) is 5.32 Å². The van der Waals surface area contributed by atoms with Crippen LogP contribution in [0.4, 0.5) is 4.39 Å². The molecule has 1 unspecified atom stereocenters. The first kappa shape index (κ1) is 23.4. The van der Waals surface area contributed by atoms with Gasteiger partial charge in [-0.2, -0.15) is 4.31 Å². The third-order valence-electron chi connectivity index (χ3n) is 5.35. The van der Waals surface area contributed by atoms with Crippen molar-refractivity contribution in [2.24, 2.45) is 5.92 Å². The van der Waals surface area contributed by atoms with Crippen LogP contribution in [0.3, 0.4) is 0 Å². The molecule has 1 aliphatic rings. The van der Waals surface area contributed by atoms with Crippen LogP contribution in [0.15, 0.2) is 53.4 Å². The predicted molar refractivity (Wildman–Crippen MR) is 116 cm³/mol. The maximum absolute atomic E-state index is 13.2. The van der Waals surface area contributed by atoms with Crippen LogP contribution in [0.2, 0.25) is 0 Å². The van der Waals surface area contributed by atoms with Crippen molar-refractivity contribution in [3.8, 4) is 0 Å². The Balaban J connectivity index is 1.62. The lowest BCUT2D eigenvalue weighted by Crippen LogP contribution is -2.45. The number of piperidine rings is 1. The SMILES string of the molecule is CC(C)OCc1ccccc1CNC(=O)C1CCCN(S(=O)(=O)c2ccc(F)cc2)C1. The summed E-state index contributed by atoms with van der Waals surface area (Å²) >= 11 is 0. The van der Waals surface area contributed by atoms with Crippen molar-refractivity contribution >= 4 is 15.9 Å². The Labute approximate surface area is 183 Å². The largest absolute Gasteiger partial charge is 0.374 e. The van der Waals surface area contributed by atoms with Gasteiger partial charge in [0.05, 0.1) is 23.5 Å². The van der Waals surface area contributed by atoms with Crippen LogP contribution in [0.1, 0.15) is 37.8 Å². The summed E-state index contributed by atoms with van der Waals surface area (Å²) in [6, 6.07) is 12.5.